The predicted octanol–water partition coefficient (Wildman–Crippen LogP) is 19.7. The van der Waals surface area contributed by atoms with Gasteiger partial charge in [-0.05, 0) is 91.0 Å². The Hall–Kier alpha value is -11.0. The molecular formula is C68H33N5O4. The van der Waals surface area contributed by atoms with Gasteiger partial charge in [-0.25, -0.2) is 9.69 Å². The van der Waals surface area contributed by atoms with Crippen LogP contribution in [0.1, 0.15) is 0 Å². The van der Waals surface area contributed by atoms with Gasteiger partial charge in [-0.3, -0.25) is 0 Å². The third-order valence-electron chi connectivity index (χ3n) is 16.3. The summed E-state index contributed by atoms with van der Waals surface area (Å²) < 4.78 is 34.6. The van der Waals surface area contributed by atoms with Crippen LogP contribution in [0.5, 0.6) is 0 Å². The topological polar surface area (TPSA) is 76.1 Å². The summed E-state index contributed by atoms with van der Waals surface area (Å²) >= 11 is 0. The molecule has 0 aliphatic heterocycles. The van der Waals surface area contributed by atoms with Gasteiger partial charge in [-0.1, -0.05) is 109 Å². The third-order valence-corrected chi connectivity index (χ3v) is 16.3. The van der Waals surface area contributed by atoms with E-state index in [2.05, 4.69) is 145 Å². The van der Waals surface area contributed by atoms with Crippen molar-refractivity contribution in [1.29, 1.82) is 0 Å². The fourth-order valence-corrected chi connectivity index (χ4v) is 13.2. The molecule has 0 aliphatic rings. The Bertz CT molecular complexity index is 5210. The molecule has 0 fully saturated rings. The minimum Gasteiger partial charge on any atom is -0.455 e. The minimum absolute atomic E-state index is 0.296. The summed E-state index contributed by atoms with van der Waals surface area (Å²) in [5.74, 6) is 0. The van der Waals surface area contributed by atoms with Gasteiger partial charge in [-0.15, -0.1) is 0 Å². The smallest absolute Gasteiger partial charge is 0.202 e. The molecule has 11 aromatic carbocycles. The highest BCUT2D eigenvalue weighted by molar-refractivity contribution is 6.33. The van der Waals surface area contributed by atoms with E-state index in [4.69, 9.17) is 17.7 Å². The van der Waals surface area contributed by atoms with Crippen molar-refractivity contribution < 1.29 is 17.7 Å². The molecule has 18 aromatic rings. The molecule has 0 radical (unpaired) electrons. The number of rotatable bonds is 3. The van der Waals surface area contributed by atoms with Crippen molar-refractivity contribution in [3.8, 4) is 17.1 Å². The molecule has 0 atom stereocenters. The van der Waals surface area contributed by atoms with E-state index in [1.54, 1.807) is 6.07 Å². The van der Waals surface area contributed by atoms with Crippen molar-refractivity contribution in [1.82, 2.24) is 13.7 Å². The van der Waals surface area contributed by atoms with E-state index in [1.807, 2.05) is 72.8 Å². The molecule has 354 valence electrons. The molecule has 0 unspecified atom stereocenters. The van der Waals surface area contributed by atoms with Crippen LogP contribution in [0, 0.1) is 13.1 Å². The van der Waals surface area contributed by atoms with Gasteiger partial charge < -0.3 is 31.4 Å². The van der Waals surface area contributed by atoms with Gasteiger partial charge in [0.15, 0.2) is 0 Å². The fraction of sp³-hybridized carbons (Fsp3) is 0. The molecule has 0 spiro atoms. The van der Waals surface area contributed by atoms with Crippen molar-refractivity contribution in [2.45, 2.75) is 0 Å². The minimum atomic E-state index is 0.296. The number of para-hydroxylation sites is 6. The molecule has 9 nitrogen and oxygen atoms in total. The van der Waals surface area contributed by atoms with Crippen LogP contribution in [-0.4, -0.2) is 13.7 Å². The zero-order valence-electron chi connectivity index (χ0n) is 40.4. The lowest BCUT2D eigenvalue weighted by molar-refractivity contribution is 0.670. The van der Waals surface area contributed by atoms with Crippen LogP contribution in [0.25, 0.3) is 180 Å². The second kappa shape index (κ2) is 14.4. The molecule has 9 heteroatoms. The molecule has 7 aromatic heterocycles. The van der Waals surface area contributed by atoms with Crippen LogP contribution in [-0.2, 0) is 0 Å². The highest BCUT2D eigenvalue weighted by Crippen LogP contribution is 2.53. The van der Waals surface area contributed by atoms with Gasteiger partial charge in [0.05, 0.1) is 84.9 Å². The molecular weight excluding hydrogens is 951 g/mol. The maximum Gasteiger partial charge on any atom is 0.202 e. The molecule has 0 saturated carbocycles. The second-order valence-corrected chi connectivity index (χ2v) is 20.0. The summed E-state index contributed by atoms with van der Waals surface area (Å²) in [4.78, 5) is 8.87. The Morgan fingerprint density at radius 3 is 0.844 bits per heavy atom. The molecule has 0 bridgehead atoms. The first kappa shape index (κ1) is 40.5. The van der Waals surface area contributed by atoms with Crippen LogP contribution in [0.15, 0.2) is 218 Å². The number of furan rings is 4. The first-order valence-electron chi connectivity index (χ1n) is 25.5. The van der Waals surface area contributed by atoms with E-state index in [0.29, 0.717) is 50.8 Å². The number of hydrogen-bond donors (Lipinski definition) is 0. The molecule has 0 N–H and O–H groups in total. The van der Waals surface area contributed by atoms with E-state index in [9.17, 15) is 13.1 Å². The molecule has 7 heterocycles. The first-order chi connectivity index (χ1) is 38.1. The lowest BCUT2D eigenvalue weighted by Crippen LogP contribution is -2.09. The number of hydrogen-bond acceptors (Lipinski definition) is 4. The lowest BCUT2D eigenvalue weighted by Gasteiger charge is -2.24. The van der Waals surface area contributed by atoms with E-state index in [0.717, 1.165) is 131 Å². The molecule has 77 heavy (non-hydrogen) atoms. The number of fused-ring (bicyclic) bond motifs is 25. The maximum atomic E-state index is 9.26. The predicted molar refractivity (Wildman–Crippen MR) is 311 cm³/mol. The van der Waals surface area contributed by atoms with Gasteiger partial charge in [-0.2, -0.15) is 0 Å². The second-order valence-electron chi connectivity index (χ2n) is 20.0. The van der Waals surface area contributed by atoms with E-state index < -0.39 is 0 Å². The van der Waals surface area contributed by atoms with E-state index in [-0.39, 0.29) is 0 Å². The number of aromatic nitrogens is 3. The Balaban J connectivity index is 1.11. The Kier molecular flexibility index (Phi) is 7.57. The van der Waals surface area contributed by atoms with Crippen LogP contribution < -0.4 is 0 Å². The van der Waals surface area contributed by atoms with Gasteiger partial charge >= 0.3 is 0 Å². The van der Waals surface area contributed by atoms with Gasteiger partial charge in [0.25, 0.3) is 0 Å². The van der Waals surface area contributed by atoms with Crippen LogP contribution in [0.4, 0.5) is 11.4 Å². The van der Waals surface area contributed by atoms with Gasteiger partial charge in [0.2, 0.25) is 11.4 Å². The molecule has 0 saturated heterocycles. The van der Waals surface area contributed by atoms with E-state index >= 15 is 0 Å². The number of benzene rings is 11. The standard InChI is InChI=1S/C68H33N5O4/c1-69-46-35-47(70-2)63(73-52-33-29-44-40-19-7-13-25-56(40)76-67(44)60(52)61-53(73)34-30-45-41-20-8-14-26-57(41)77-68(45)61)64(71-48-21-9-3-15-36(48)37-16-4-10-22-49(37)71)62(46)72-50-31-27-42-38-17-5-11-23-54(38)74-65(42)58(50)59-51(72)32-28-43-39-18-6-12-24-55(39)75-66(43)59/h3-35H. The summed E-state index contributed by atoms with van der Waals surface area (Å²) in [6.07, 6.45) is 0. The SMILES string of the molecule is [C-]#[N+]c1cc([N+]#[C-])c(-n2c3ccc4c5ccccc5oc4c3c3c4oc5ccccc5c4ccc32)c(-n2c3ccccc3c3ccccc32)c1-n1c2ccc3c4ccccc4oc3c2c2c3oc4ccccc4c3ccc21. The molecule has 0 aliphatic carbocycles. The van der Waals surface area contributed by atoms with Crippen molar-refractivity contribution in [3.05, 3.63) is 223 Å². The Morgan fingerprint density at radius 1 is 0.260 bits per heavy atom. The quantitative estimate of drug-likeness (QED) is 0.165. The largest absolute Gasteiger partial charge is 0.455 e. The molecule has 0 amide bonds. The van der Waals surface area contributed by atoms with Gasteiger partial charge in [0, 0.05) is 53.9 Å². The van der Waals surface area contributed by atoms with Crippen molar-refractivity contribution in [3.63, 3.8) is 0 Å². The van der Waals surface area contributed by atoms with Crippen LogP contribution in [0.3, 0.4) is 0 Å². The molecule has 18 rings (SSSR count). The summed E-state index contributed by atoms with van der Waals surface area (Å²) in [7, 11) is 0. The summed E-state index contributed by atoms with van der Waals surface area (Å²) in [5, 5.41) is 13.4. The summed E-state index contributed by atoms with van der Waals surface area (Å²) in [5.41, 5.74) is 13.4. The average Bonchev–Trinajstić information content (AvgIpc) is 4.49. The number of nitrogens with zero attached hydrogens (tertiary/aromatic N) is 5. The van der Waals surface area contributed by atoms with E-state index in [1.165, 1.54) is 0 Å². The van der Waals surface area contributed by atoms with Crippen LogP contribution in [0.2, 0.25) is 0 Å². The van der Waals surface area contributed by atoms with Gasteiger partial charge in [0.1, 0.15) is 44.7 Å². The highest BCUT2D eigenvalue weighted by atomic mass is 16.3. The zero-order valence-corrected chi connectivity index (χ0v) is 40.4. The lowest BCUT2D eigenvalue weighted by atomic mass is 10.1. The average molecular weight is 984 g/mol. The first-order valence-corrected chi connectivity index (χ1v) is 25.5. The van der Waals surface area contributed by atoms with Crippen molar-refractivity contribution >= 4 is 165 Å². The summed E-state index contributed by atoms with van der Waals surface area (Å²) in [6, 6.07) is 68.3. The monoisotopic (exact) mass is 983 g/mol. The third kappa shape index (κ3) is 5.01. The fourth-order valence-electron chi connectivity index (χ4n) is 13.2. The maximum absolute atomic E-state index is 9.26. The zero-order chi connectivity index (χ0) is 50.4. The normalized spacial score (nSPS) is 12.4. The van der Waals surface area contributed by atoms with Crippen LogP contribution >= 0.6 is 0 Å². The summed E-state index contributed by atoms with van der Waals surface area (Å²) in [6.45, 7) is 18.5. The Morgan fingerprint density at radius 2 is 0.532 bits per heavy atom. The highest BCUT2D eigenvalue weighted by Gasteiger charge is 2.33. The van der Waals surface area contributed by atoms with Crippen molar-refractivity contribution in [2.75, 3.05) is 0 Å². The van der Waals surface area contributed by atoms with Crippen molar-refractivity contribution in [2.24, 2.45) is 0 Å². The Labute approximate surface area is 434 Å².